The van der Waals surface area contributed by atoms with Crippen molar-refractivity contribution < 1.29 is 4.39 Å². The number of hydrogen-bond acceptors (Lipinski definition) is 3. The fourth-order valence-corrected chi connectivity index (χ4v) is 1.81. The standard InChI is InChI=1S/C11H10FN5/c1-16-6-14-4-8(16)10-11(13)17-5-7(12)2-3-9(17)15-10/h2-6H,13H2,1H3. The first-order chi connectivity index (χ1) is 8.16. The van der Waals surface area contributed by atoms with Crippen LogP contribution in [0.3, 0.4) is 0 Å². The average Bonchev–Trinajstić information content (AvgIpc) is 2.84. The summed E-state index contributed by atoms with van der Waals surface area (Å²) in [4.78, 5) is 8.38. The second-order valence-electron chi connectivity index (χ2n) is 3.81. The first-order valence-electron chi connectivity index (χ1n) is 5.06. The zero-order chi connectivity index (χ0) is 12.0. The maximum absolute atomic E-state index is 13.1. The van der Waals surface area contributed by atoms with Crippen molar-refractivity contribution in [1.29, 1.82) is 0 Å². The number of fused-ring (bicyclic) bond motifs is 1. The molecule has 86 valence electrons. The van der Waals surface area contributed by atoms with E-state index >= 15 is 0 Å². The Morgan fingerprint density at radius 1 is 1.35 bits per heavy atom. The predicted molar refractivity (Wildman–Crippen MR) is 61.8 cm³/mol. The molecule has 0 saturated heterocycles. The summed E-state index contributed by atoms with van der Waals surface area (Å²) < 4.78 is 16.5. The van der Waals surface area contributed by atoms with Gasteiger partial charge in [0.15, 0.2) is 0 Å². The molecule has 0 aliphatic carbocycles. The Morgan fingerprint density at radius 2 is 2.18 bits per heavy atom. The number of aromatic nitrogens is 4. The Labute approximate surface area is 96.3 Å². The van der Waals surface area contributed by atoms with Gasteiger partial charge >= 0.3 is 0 Å². The third-order valence-electron chi connectivity index (χ3n) is 2.68. The molecule has 0 spiro atoms. The second kappa shape index (κ2) is 3.31. The van der Waals surface area contributed by atoms with Crippen molar-refractivity contribution >= 4 is 11.5 Å². The van der Waals surface area contributed by atoms with E-state index in [1.165, 1.54) is 16.7 Å². The molecule has 3 aromatic rings. The number of nitrogen functional groups attached to an aromatic ring is 1. The molecular formula is C11H10FN5. The van der Waals surface area contributed by atoms with Crippen LogP contribution in [0.5, 0.6) is 0 Å². The summed E-state index contributed by atoms with van der Waals surface area (Å²) in [6.07, 6.45) is 4.66. The Kier molecular flexibility index (Phi) is 1.91. The Hall–Kier alpha value is -2.37. The molecule has 3 aromatic heterocycles. The zero-order valence-corrected chi connectivity index (χ0v) is 9.13. The first kappa shape index (κ1) is 9.83. The molecule has 0 fully saturated rings. The van der Waals surface area contributed by atoms with Gasteiger partial charge in [0.25, 0.3) is 0 Å². The van der Waals surface area contributed by atoms with Crippen molar-refractivity contribution in [1.82, 2.24) is 18.9 Å². The van der Waals surface area contributed by atoms with Crippen molar-refractivity contribution in [2.75, 3.05) is 5.73 Å². The lowest BCUT2D eigenvalue weighted by atomic mass is 10.3. The fraction of sp³-hybridized carbons (Fsp3) is 0.0909. The van der Waals surface area contributed by atoms with Crippen LogP contribution in [0, 0.1) is 5.82 Å². The molecule has 6 heteroatoms. The number of hydrogen-bond donors (Lipinski definition) is 1. The van der Waals surface area contributed by atoms with Crippen LogP contribution in [-0.4, -0.2) is 18.9 Å². The van der Waals surface area contributed by atoms with Gasteiger partial charge in [-0.25, -0.2) is 14.4 Å². The molecule has 3 rings (SSSR count). The molecule has 5 nitrogen and oxygen atoms in total. The number of nitrogens with two attached hydrogens (primary N) is 1. The minimum absolute atomic E-state index is 0.349. The van der Waals surface area contributed by atoms with E-state index in [0.29, 0.717) is 17.2 Å². The summed E-state index contributed by atoms with van der Waals surface area (Å²) in [5.41, 5.74) is 7.98. The number of imidazole rings is 2. The molecule has 17 heavy (non-hydrogen) atoms. The highest BCUT2D eigenvalue weighted by atomic mass is 19.1. The molecule has 3 heterocycles. The summed E-state index contributed by atoms with van der Waals surface area (Å²) >= 11 is 0. The van der Waals surface area contributed by atoms with Gasteiger partial charge in [-0.3, -0.25) is 4.40 Å². The summed E-state index contributed by atoms with van der Waals surface area (Å²) in [6.45, 7) is 0. The van der Waals surface area contributed by atoms with Crippen LogP contribution in [0.2, 0.25) is 0 Å². The van der Waals surface area contributed by atoms with Gasteiger partial charge in [0.2, 0.25) is 0 Å². The molecule has 0 atom stereocenters. The molecule has 2 N–H and O–H groups in total. The lowest BCUT2D eigenvalue weighted by molar-refractivity contribution is 0.619. The number of rotatable bonds is 1. The van der Waals surface area contributed by atoms with E-state index in [9.17, 15) is 4.39 Å². The molecule has 0 unspecified atom stereocenters. The monoisotopic (exact) mass is 231 g/mol. The van der Waals surface area contributed by atoms with Crippen LogP contribution in [0.15, 0.2) is 30.9 Å². The molecule has 0 aliphatic heterocycles. The van der Waals surface area contributed by atoms with E-state index in [-0.39, 0.29) is 5.82 Å². The van der Waals surface area contributed by atoms with E-state index in [1.54, 1.807) is 18.6 Å². The smallest absolute Gasteiger partial charge is 0.140 e. The van der Waals surface area contributed by atoms with E-state index in [1.807, 2.05) is 11.6 Å². The molecule has 0 aliphatic rings. The highest BCUT2D eigenvalue weighted by Gasteiger charge is 2.14. The van der Waals surface area contributed by atoms with Crippen molar-refractivity contribution in [3.8, 4) is 11.4 Å². The molecule has 0 aromatic carbocycles. The van der Waals surface area contributed by atoms with E-state index in [0.717, 1.165) is 5.69 Å². The largest absolute Gasteiger partial charge is 0.383 e. The van der Waals surface area contributed by atoms with E-state index in [2.05, 4.69) is 9.97 Å². The normalized spacial score (nSPS) is 11.2. The number of anilines is 1. The molecule has 0 bridgehead atoms. The third-order valence-corrected chi connectivity index (χ3v) is 2.68. The van der Waals surface area contributed by atoms with E-state index < -0.39 is 0 Å². The van der Waals surface area contributed by atoms with Crippen LogP contribution in [0.25, 0.3) is 17.0 Å². The van der Waals surface area contributed by atoms with Crippen LogP contribution in [-0.2, 0) is 7.05 Å². The summed E-state index contributed by atoms with van der Waals surface area (Å²) in [6, 6.07) is 2.94. The summed E-state index contributed by atoms with van der Waals surface area (Å²) in [7, 11) is 1.85. The molecule has 0 amide bonds. The maximum atomic E-state index is 13.1. The topological polar surface area (TPSA) is 61.1 Å². The highest BCUT2D eigenvalue weighted by molar-refractivity contribution is 5.72. The Bertz CT molecular complexity index is 697. The van der Waals surface area contributed by atoms with Gasteiger partial charge in [-0.2, -0.15) is 0 Å². The minimum atomic E-state index is -0.349. The van der Waals surface area contributed by atoms with Gasteiger partial charge in [0, 0.05) is 13.2 Å². The molecule has 0 saturated carbocycles. The average molecular weight is 231 g/mol. The first-order valence-corrected chi connectivity index (χ1v) is 5.06. The van der Waals surface area contributed by atoms with Crippen molar-refractivity contribution in [3.05, 3.63) is 36.7 Å². The van der Waals surface area contributed by atoms with Gasteiger partial charge in [0.1, 0.15) is 23.0 Å². The van der Waals surface area contributed by atoms with Crippen LogP contribution in [0.4, 0.5) is 10.2 Å². The maximum Gasteiger partial charge on any atom is 0.140 e. The van der Waals surface area contributed by atoms with Gasteiger partial charge in [0.05, 0.1) is 18.2 Å². The molecular weight excluding hydrogens is 221 g/mol. The lowest BCUT2D eigenvalue weighted by Crippen LogP contribution is -1.96. The zero-order valence-electron chi connectivity index (χ0n) is 9.13. The van der Waals surface area contributed by atoms with Gasteiger partial charge in [-0.1, -0.05) is 0 Å². The molecule has 0 radical (unpaired) electrons. The van der Waals surface area contributed by atoms with Crippen molar-refractivity contribution in [3.63, 3.8) is 0 Å². The van der Waals surface area contributed by atoms with Crippen LogP contribution < -0.4 is 5.73 Å². The summed E-state index contributed by atoms with van der Waals surface area (Å²) in [5, 5.41) is 0. The number of aryl methyl sites for hydroxylation is 1. The van der Waals surface area contributed by atoms with Gasteiger partial charge in [-0.05, 0) is 12.1 Å². The lowest BCUT2D eigenvalue weighted by Gasteiger charge is -1.99. The number of halogens is 1. The van der Waals surface area contributed by atoms with E-state index in [4.69, 9.17) is 5.73 Å². The second-order valence-corrected chi connectivity index (χ2v) is 3.81. The Morgan fingerprint density at radius 3 is 2.88 bits per heavy atom. The van der Waals surface area contributed by atoms with Gasteiger partial charge < -0.3 is 10.3 Å². The predicted octanol–water partition coefficient (Wildman–Crippen LogP) is 1.46. The van der Waals surface area contributed by atoms with Crippen molar-refractivity contribution in [2.45, 2.75) is 0 Å². The Balaban J connectivity index is 2.32. The fourth-order valence-electron chi connectivity index (χ4n) is 1.81. The number of nitrogens with zero attached hydrogens (tertiary/aromatic N) is 4. The van der Waals surface area contributed by atoms with Crippen molar-refractivity contribution in [2.24, 2.45) is 7.05 Å². The van der Waals surface area contributed by atoms with Crippen LogP contribution >= 0.6 is 0 Å². The van der Waals surface area contributed by atoms with Crippen LogP contribution in [0.1, 0.15) is 0 Å². The van der Waals surface area contributed by atoms with Gasteiger partial charge in [-0.15, -0.1) is 0 Å². The minimum Gasteiger partial charge on any atom is -0.383 e. The number of pyridine rings is 1. The SMILES string of the molecule is Cn1cncc1-c1nc2ccc(F)cn2c1N. The highest BCUT2D eigenvalue weighted by Crippen LogP contribution is 2.25. The quantitative estimate of drug-likeness (QED) is 0.689. The third kappa shape index (κ3) is 1.37. The summed E-state index contributed by atoms with van der Waals surface area (Å²) in [5.74, 6) is 0.0567.